The molecule has 2 rings (SSSR count). The van der Waals surface area contributed by atoms with Crippen molar-refractivity contribution < 1.29 is 15.3 Å². The summed E-state index contributed by atoms with van der Waals surface area (Å²) in [6.45, 7) is 0.872. The minimum atomic E-state index is -0.733. The van der Waals surface area contributed by atoms with E-state index in [0.717, 1.165) is 11.3 Å². The minimum absolute atomic E-state index is 0.235. The first kappa shape index (κ1) is 11.4. The van der Waals surface area contributed by atoms with Crippen molar-refractivity contribution in [2.24, 2.45) is 0 Å². The monoisotopic (exact) mass is 223 g/mol. The number of nitrogens with zero attached hydrogens (tertiary/aromatic N) is 1. The van der Waals surface area contributed by atoms with Crippen molar-refractivity contribution in [3.8, 4) is 0 Å². The Hall–Kier alpha value is -1.10. The molecule has 0 aromatic heterocycles. The fourth-order valence-corrected chi connectivity index (χ4v) is 2.11. The third-order valence-electron chi connectivity index (χ3n) is 2.95. The lowest BCUT2D eigenvalue weighted by atomic mass is 9.98. The van der Waals surface area contributed by atoms with E-state index in [1.165, 1.54) is 0 Å². The second-order valence-corrected chi connectivity index (χ2v) is 4.15. The van der Waals surface area contributed by atoms with Gasteiger partial charge in [0, 0.05) is 24.3 Å². The number of aliphatic hydroxyl groups excluding tert-OH is 3. The van der Waals surface area contributed by atoms with Crippen LogP contribution in [0.4, 0.5) is 5.69 Å². The quantitative estimate of drug-likeness (QED) is 0.689. The molecule has 0 fully saturated rings. The molecule has 0 saturated carbocycles. The number of hydrogen-bond acceptors (Lipinski definition) is 4. The Labute approximate surface area is 94.8 Å². The molecule has 1 aliphatic rings. The molecule has 0 aliphatic carbocycles. The van der Waals surface area contributed by atoms with Gasteiger partial charge < -0.3 is 20.2 Å². The van der Waals surface area contributed by atoms with Gasteiger partial charge in [0.15, 0.2) is 0 Å². The van der Waals surface area contributed by atoms with Gasteiger partial charge in [-0.2, -0.15) is 0 Å². The molecule has 0 amide bonds. The molecule has 0 radical (unpaired) electrons. The van der Waals surface area contributed by atoms with Gasteiger partial charge in [-0.1, -0.05) is 18.2 Å². The number of aliphatic hydroxyl groups is 3. The normalized spacial score (nSPS) is 21.7. The Morgan fingerprint density at radius 3 is 2.88 bits per heavy atom. The van der Waals surface area contributed by atoms with Crippen LogP contribution in [-0.2, 0) is 0 Å². The average Bonchev–Trinajstić information content (AvgIpc) is 2.33. The van der Waals surface area contributed by atoms with Crippen LogP contribution in [0.1, 0.15) is 18.1 Å². The minimum Gasteiger partial charge on any atom is -0.394 e. The van der Waals surface area contributed by atoms with Crippen molar-refractivity contribution in [2.45, 2.75) is 18.6 Å². The molecule has 3 N–H and O–H groups in total. The summed E-state index contributed by atoms with van der Waals surface area (Å²) in [6, 6.07) is 7.64. The van der Waals surface area contributed by atoms with E-state index in [1.54, 1.807) is 0 Å². The summed E-state index contributed by atoms with van der Waals surface area (Å²) in [5, 5.41) is 28.1. The van der Waals surface area contributed by atoms with Gasteiger partial charge in [0.25, 0.3) is 0 Å². The molecule has 1 aromatic carbocycles. The molecule has 4 nitrogen and oxygen atoms in total. The van der Waals surface area contributed by atoms with E-state index < -0.39 is 12.2 Å². The van der Waals surface area contributed by atoms with Crippen molar-refractivity contribution >= 4 is 5.69 Å². The van der Waals surface area contributed by atoms with Crippen LogP contribution in [0.15, 0.2) is 24.3 Å². The van der Waals surface area contributed by atoms with Crippen LogP contribution in [-0.4, -0.2) is 41.1 Å². The molecule has 88 valence electrons. The van der Waals surface area contributed by atoms with Gasteiger partial charge in [-0.25, -0.2) is 0 Å². The van der Waals surface area contributed by atoms with Gasteiger partial charge >= 0.3 is 0 Å². The van der Waals surface area contributed by atoms with Gasteiger partial charge in [-0.15, -0.1) is 0 Å². The highest BCUT2D eigenvalue weighted by Gasteiger charge is 2.24. The van der Waals surface area contributed by atoms with Crippen molar-refractivity contribution in [3.05, 3.63) is 29.8 Å². The largest absolute Gasteiger partial charge is 0.394 e. The first-order valence-corrected chi connectivity index (χ1v) is 5.53. The van der Waals surface area contributed by atoms with Crippen LogP contribution >= 0.6 is 0 Å². The lowest BCUT2D eigenvalue weighted by molar-refractivity contribution is 0.0971. The van der Waals surface area contributed by atoms with E-state index in [2.05, 4.69) is 0 Å². The molecule has 1 heterocycles. The van der Waals surface area contributed by atoms with E-state index in [0.29, 0.717) is 19.5 Å². The van der Waals surface area contributed by atoms with E-state index >= 15 is 0 Å². The summed E-state index contributed by atoms with van der Waals surface area (Å²) in [5.74, 6) is 0. The number of hydrogen-bond donors (Lipinski definition) is 3. The van der Waals surface area contributed by atoms with Crippen molar-refractivity contribution in [2.75, 3.05) is 24.6 Å². The molecule has 0 bridgehead atoms. The standard InChI is InChI=1S/C12H17NO3/c14-8-9(15)7-13-6-5-12(16)10-3-1-2-4-11(10)13/h1-4,9,12,14-16H,5-8H2. The van der Waals surface area contributed by atoms with Gasteiger partial charge in [-0.05, 0) is 12.5 Å². The summed E-state index contributed by atoms with van der Waals surface area (Å²) < 4.78 is 0. The highest BCUT2D eigenvalue weighted by molar-refractivity contribution is 5.56. The number of benzene rings is 1. The zero-order valence-electron chi connectivity index (χ0n) is 9.08. The molecule has 0 spiro atoms. The Bertz CT molecular complexity index is 356. The van der Waals surface area contributed by atoms with Crippen LogP contribution in [0.2, 0.25) is 0 Å². The molecule has 0 saturated heterocycles. The van der Waals surface area contributed by atoms with E-state index in [9.17, 15) is 10.2 Å². The lowest BCUT2D eigenvalue weighted by Crippen LogP contribution is -2.38. The lowest BCUT2D eigenvalue weighted by Gasteiger charge is -2.34. The smallest absolute Gasteiger partial charge is 0.0945 e. The van der Waals surface area contributed by atoms with Crippen molar-refractivity contribution in [1.29, 1.82) is 0 Å². The Balaban J connectivity index is 2.21. The fraction of sp³-hybridized carbons (Fsp3) is 0.500. The molecule has 4 heteroatoms. The molecule has 16 heavy (non-hydrogen) atoms. The molecule has 1 aromatic rings. The molecule has 2 atom stereocenters. The van der Waals surface area contributed by atoms with Crippen LogP contribution in [0, 0.1) is 0 Å². The second-order valence-electron chi connectivity index (χ2n) is 4.15. The van der Waals surface area contributed by atoms with E-state index in [-0.39, 0.29) is 6.61 Å². The first-order chi connectivity index (χ1) is 7.72. The molecular formula is C12H17NO3. The topological polar surface area (TPSA) is 63.9 Å². The maximum atomic E-state index is 9.83. The maximum Gasteiger partial charge on any atom is 0.0945 e. The fourth-order valence-electron chi connectivity index (χ4n) is 2.11. The zero-order chi connectivity index (χ0) is 11.5. The van der Waals surface area contributed by atoms with Gasteiger partial charge in [0.1, 0.15) is 0 Å². The van der Waals surface area contributed by atoms with E-state index in [4.69, 9.17) is 5.11 Å². The van der Waals surface area contributed by atoms with E-state index in [1.807, 2.05) is 29.2 Å². The summed E-state index contributed by atoms with van der Waals surface area (Å²) in [6.07, 6.45) is -0.489. The predicted octanol–water partition coefficient (Wildman–Crippen LogP) is 0.283. The van der Waals surface area contributed by atoms with Crippen molar-refractivity contribution in [1.82, 2.24) is 0 Å². The van der Waals surface area contributed by atoms with Gasteiger partial charge in [0.05, 0.1) is 18.8 Å². The summed E-state index contributed by atoms with van der Waals surface area (Å²) in [4.78, 5) is 2.00. The zero-order valence-corrected chi connectivity index (χ0v) is 9.08. The SMILES string of the molecule is OCC(O)CN1CCC(O)c2ccccc21. The first-order valence-electron chi connectivity index (χ1n) is 5.53. The third-order valence-corrected chi connectivity index (χ3v) is 2.95. The Kier molecular flexibility index (Phi) is 3.43. The highest BCUT2D eigenvalue weighted by atomic mass is 16.3. The van der Waals surface area contributed by atoms with Gasteiger partial charge in [0.2, 0.25) is 0 Å². The number of fused-ring (bicyclic) bond motifs is 1. The predicted molar refractivity (Wildman–Crippen MR) is 61.3 cm³/mol. The second kappa shape index (κ2) is 4.82. The number of para-hydroxylation sites is 1. The van der Waals surface area contributed by atoms with Crippen LogP contribution in [0.25, 0.3) is 0 Å². The van der Waals surface area contributed by atoms with Crippen LogP contribution in [0.3, 0.4) is 0 Å². The highest BCUT2D eigenvalue weighted by Crippen LogP contribution is 2.33. The average molecular weight is 223 g/mol. The van der Waals surface area contributed by atoms with Crippen LogP contribution in [0.5, 0.6) is 0 Å². The van der Waals surface area contributed by atoms with Crippen molar-refractivity contribution in [3.63, 3.8) is 0 Å². The maximum absolute atomic E-state index is 9.83. The number of anilines is 1. The Morgan fingerprint density at radius 1 is 1.38 bits per heavy atom. The number of β-amino-alcohol motifs (C(OH)–C–C–N with tert-alkyl or cyclic N) is 1. The molecular weight excluding hydrogens is 206 g/mol. The van der Waals surface area contributed by atoms with Gasteiger partial charge in [-0.3, -0.25) is 0 Å². The third kappa shape index (κ3) is 2.19. The summed E-state index contributed by atoms with van der Waals surface area (Å²) in [5.41, 5.74) is 1.85. The molecule has 2 unspecified atom stereocenters. The van der Waals surface area contributed by atoms with Crippen LogP contribution < -0.4 is 4.90 Å². The number of rotatable bonds is 3. The summed E-state index contributed by atoms with van der Waals surface area (Å²) >= 11 is 0. The molecule has 1 aliphatic heterocycles. The Morgan fingerprint density at radius 2 is 2.12 bits per heavy atom. The summed E-state index contributed by atoms with van der Waals surface area (Å²) in [7, 11) is 0.